The van der Waals surface area contributed by atoms with Crippen molar-refractivity contribution in [3.63, 3.8) is 0 Å². The molecule has 0 saturated carbocycles. The van der Waals surface area contributed by atoms with E-state index in [0.717, 1.165) is 28.8 Å². The minimum absolute atomic E-state index is 0.813. The highest BCUT2D eigenvalue weighted by Crippen LogP contribution is 2.04. The van der Waals surface area contributed by atoms with Crippen LogP contribution in [-0.4, -0.2) is 0 Å². The Morgan fingerprint density at radius 3 is 2.55 bits per heavy atom. The van der Waals surface area contributed by atoms with Gasteiger partial charge in [-0.2, -0.15) is 4.73 Å². The van der Waals surface area contributed by atoms with Crippen LogP contribution >= 0.6 is 0 Å². The number of hydrogen-bond donors (Lipinski definition) is 0. The topological polar surface area (TPSA) is 26.9 Å². The van der Waals surface area contributed by atoms with E-state index >= 15 is 0 Å². The summed E-state index contributed by atoms with van der Waals surface area (Å²) >= 11 is 0. The lowest BCUT2D eigenvalue weighted by Gasteiger charge is -2.05. The van der Waals surface area contributed by atoms with Gasteiger partial charge in [-0.25, -0.2) is 0 Å². The summed E-state index contributed by atoms with van der Waals surface area (Å²) in [6.45, 7) is 4.07. The Bertz CT molecular complexity index is 245. The standard InChI is InChI=1S/C9H13NO/c1-3-8-6-5-7-10(11)9(8)4-2/h5-7H,3-4H2,1-2H3. The monoisotopic (exact) mass is 151 g/mol. The molecule has 0 N–H and O–H groups in total. The van der Waals surface area contributed by atoms with Crippen LogP contribution in [0, 0.1) is 5.21 Å². The molecule has 0 aliphatic carbocycles. The Hall–Kier alpha value is -1.05. The van der Waals surface area contributed by atoms with Gasteiger partial charge in [-0.05, 0) is 12.5 Å². The average molecular weight is 151 g/mol. The molecule has 0 aliphatic heterocycles. The van der Waals surface area contributed by atoms with Crippen molar-refractivity contribution in [3.05, 3.63) is 34.8 Å². The fourth-order valence-corrected chi connectivity index (χ4v) is 1.27. The third kappa shape index (κ3) is 1.50. The van der Waals surface area contributed by atoms with E-state index in [-0.39, 0.29) is 0 Å². The van der Waals surface area contributed by atoms with Crippen molar-refractivity contribution in [2.75, 3.05) is 0 Å². The summed E-state index contributed by atoms with van der Waals surface area (Å²) in [7, 11) is 0. The Balaban J connectivity index is 3.13. The zero-order valence-electron chi connectivity index (χ0n) is 7.00. The van der Waals surface area contributed by atoms with Crippen LogP contribution in [-0.2, 0) is 12.8 Å². The fourth-order valence-electron chi connectivity index (χ4n) is 1.27. The normalized spacial score (nSPS) is 10.0. The number of pyridine rings is 1. The first kappa shape index (κ1) is 8.05. The van der Waals surface area contributed by atoms with E-state index in [4.69, 9.17) is 0 Å². The summed E-state index contributed by atoms with van der Waals surface area (Å²) < 4.78 is 0.957. The smallest absolute Gasteiger partial charge is 0.195 e. The molecular weight excluding hydrogens is 138 g/mol. The first-order valence-electron chi connectivity index (χ1n) is 3.99. The van der Waals surface area contributed by atoms with Crippen molar-refractivity contribution in [1.29, 1.82) is 0 Å². The van der Waals surface area contributed by atoms with Crippen molar-refractivity contribution in [2.45, 2.75) is 26.7 Å². The molecule has 1 heterocycles. The molecule has 0 aromatic carbocycles. The third-order valence-corrected chi connectivity index (χ3v) is 1.87. The number of aromatic nitrogens is 1. The van der Waals surface area contributed by atoms with E-state index in [1.165, 1.54) is 0 Å². The van der Waals surface area contributed by atoms with Crippen molar-refractivity contribution >= 4 is 0 Å². The minimum Gasteiger partial charge on any atom is -0.618 e. The average Bonchev–Trinajstić information content (AvgIpc) is 2.04. The first-order chi connectivity index (χ1) is 5.29. The summed E-state index contributed by atoms with van der Waals surface area (Å²) in [4.78, 5) is 0. The number of rotatable bonds is 2. The molecule has 60 valence electrons. The second kappa shape index (κ2) is 3.37. The molecule has 0 unspecified atom stereocenters. The van der Waals surface area contributed by atoms with Gasteiger partial charge in [-0.15, -0.1) is 0 Å². The van der Waals surface area contributed by atoms with Crippen LogP contribution in [0.15, 0.2) is 18.3 Å². The molecule has 1 rings (SSSR count). The van der Waals surface area contributed by atoms with Crippen LogP contribution < -0.4 is 4.73 Å². The molecule has 0 amide bonds. The largest absolute Gasteiger partial charge is 0.618 e. The van der Waals surface area contributed by atoms with E-state index < -0.39 is 0 Å². The van der Waals surface area contributed by atoms with E-state index in [9.17, 15) is 5.21 Å². The second-order valence-corrected chi connectivity index (χ2v) is 2.51. The second-order valence-electron chi connectivity index (χ2n) is 2.51. The van der Waals surface area contributed by atoms with Crippen LogP contribution in [0.3, 0.4) is 0 Å². The minimum atomic E-state index is 0.813. The van der Waals surface area contributed by atoms with Crippen molar-refractivity contribution in [2.24, 2.45) is 0 Å². The van der Waals surface area contributed by atoms with Gasteiger partial charge in [0.2, 0.25) is 0 Å². The molecule has 0 aliphatic rings. The van der Waals surface area contributed by atoms with Crippen LogP contribution in [0.4, 0.5) is 0 Å². The van der Waals surface area contributed by atoms with Gasteiger partial charge < -0.3 is 5.21 Å². The quantitative estimate of drug-likeness (QED) is 0.464. The molecule has 0 spiro atoms. The van der Waals surface area contributed by atoms with Gasteiger partial charge >= 0.3 is 0 Å². The lowest BCUT2D eigenvalue weighted by Crippen LogP contribution is -2.32. The first-order valence-corrected chi connectivity index (χ1v) is 3.99. The highest BCUT2D eigenvalue weighted by Gasteiger charge is 2.06. The van der Waals surface area contributed by atoms with Crippen LogP contribution in [0.2, 0.25) is 0 Å². The third-order valence-electron chi connectivity index (χ3n) is 1.87. The molecule has 2 nitrogen and oxygen atoms in total. The van der Waals surface area contributed by atoms with Gasteiger partial charge in [-0.1, -0.05) is 13.8 Å². The Labute approximate surface area is 67.1 Å². The molecular formula is C9H13NO. The highest BCUT2D eigenvalue weighted by atomic mass is 16.5. The van der Waals surface area contributed by atoms with Crippen molar-refractivity contribution in [1.82, 2.24) is 0 Å². The number of nitrogens with zero attached hydrogens (tertiary/aromatic N) is 1. The molecule has 1 aromatic rings. The van der Waals surface area contributed by atoms with Crippen molar-refractivity contribution in [3.8, 4) is 0 Å². The fraction of sp³-hybridized carbons (Fsp3) is 0.444. The van der Waals surface area contributed by atoms with Gasteiger partial charge in [0.1, 0.15) is 0 Å². The Kier molecular flexibility index (Phi) is 2.47. The maximum absolute atomic E-state index is 11.1. The van der Waals surface area contributed by atoms with Crippen LogP contribution in [0.1, 0.15) is 25.1 Å². The molecule has 2 heteroatoms. The summed E-state index contributed by atoms with van der Waals surface area (Å²) in [5.41, 5.74) is 2.06. The van der Waals surface area contributed by atoms with E-state index in [1.54, 1.807) is 12.3 Å². The summed E-state index contributed by atoms with van der Waals surface area (Å²) in [6.07, 6.45) is 3.30. The molecule has 0 atom stereocenters. The zero-order chi connectivity index (χ0) is 8.27. The Morgan fingerprint density at radius 1 is 1.36 bits per heavy atom. The maximum Gasteiger partial charge on any atom is 0.195 e. The number of hydrogen-bond acceptors (Lipinski definition) is 1. The summed E-state index contributed by atoms with van der Waals surface area (Å²) in [5, 5.41) is 11.1. The molecule has 1 aromatic heterocycles. The van der Waals surface area contributed by atoms with Crippen molar-refractivity contribution < 1.29 is 4.73 Å². The van der Waals surface area contributed by atoms with Gasteiger partial charge in [0, 0.05) is 18.1 Å². The van der Waals surface area contributed by atoms with Crippen LogP contribution in [0.25, 0.3) is 0 Å². The lowest BCUT2D eigenvalue weighted by atomic mass is 10.1. The maximum atomic E-state index is 11.1. The van der Waals surface area contributed by atoms with E-state index in [1.807, 2.05) is 13.0 Å². The highest BCUT2D eigenvalue weighted by molar-refractivity contribution is 5.15. The van der Waals surface area contributed by atoms with E-state index in [0.29, 0.717) is 0 Å². The summed E-state index contributed by atoms with van der Waals surface area (Å²) in [5.74, 6) is 0. The lowest BCUT2D eigenvalue weighted by molar-refractivity contribution is -0.614. The molecule has 0 bridgehead atoms. The van der Waals surface area contributed by atoms with Gasteiger partial charge in [0.15, 0.2) is 11.9 Å². The summed E-state index contributed by atoms with van der Waals surface area (Å²) in [6, 6.07) is 3.80. The zero-order valence-corrected chi connectivity index (χ0v) is 7.00. The SMILES string of the molecule is CCc1ccc[n+]([O-])c1CC. The van der Waals surface area contributed by atoms with Gasteiger partial charge in [-0.3, -0.25) is 0 Å². The molecule has 0 fully saturated rings. The number of aryl methyl sites for hydroxylation is 1. The predicted molar refractivity (Wildman–Crippen MR) is 44.2 cm³/mol. The molecule has 11 heavy (non-hydrogen) atoms. The van der Waals surface area contributed by atoms with Gasteiger partial charge in [0.25, 0.3) is 0 Å². The van der Waals surface area contributed by atoms with Crippen LogP contribution in [0.5, 0.6) is 0 Å². The molecule has 0 saturated heterocycles. The molecule has 0 radical (unpaired) electrons. The van der Waals surface area contributed by atoms with E-state index in [2.05, 4.69) is 6.92 Å². The predicted octanol–water partition coefficient (Wildman–Crippen LogP) is 1.44. The Morgan fingerprint density at radius 2 is 2.09 bits per heavy atom. The van der Waals surface area contributed by atoms with Gasteiger partial charge in [0.05, 0.1) is 0 Å².